The Bertz CT molecular complexity index is 385. The Labute approximate surface area is 111 Å². The van der Waals surface area contributed by atoms with Crippen LogP contribution in [0.15, 0.2) is 18.2 Å². The summed E-state index contributed by atoms with van der Waals surface area (Å²) >= 11 is 5.96. The summed E-state index contributed by atoms with van der Waals surface area (Å²) in [6, 6.07) is 5.01. The van der Waals surface area contributed by atoms with Crippen molar-refractivity contribution >= 4 is 29.9 Å². The molecule has 0 radical (unpaired) electrons. The maximum absolute atomic E-state index is 9.90. The molecule has 0 bridgehead atoms. The van der Waals surface area contributed by atoms with Gasteiger partial charge >= 0.3 is 0 Å². The Morgan fingerprint density at radius 2 is 2.18 bits per heavy atom. The molecular weight excluding hydrogens is 265 g/mol. The van der Waals surface area contributed by atoms with E-state index >= 15 is 0 Å². The molecule has 1 aromatic carbocycles. The second-order valence-electron chi connectivity index (χ2n) is 3.06. The van der Waals surface area contributed by atoms with E-state index in [2.05, 4.69) is 0 Å². The maximum atomic E-state index is 9.90. The van der Waals surface area contributed by atoms with Crippen LogP contribution >= 0.6 is 24.0 Å². The van der Waals surface area contributed by atoms with Gasteiger partial charge in [0.05, 0.1) is 24.3 Å². The van der Waals surface area contributed by atoms with E-state index in [1.807, 2.05) is 0 Å². The summed E-state index contributed by atoms with van der Waals surface area (Å²) in [6.45, 7) is 2.06. The van der Waals surface area contributed by atoms with Crippen molar-refractivity contribution in [1.29, 1.82) is 5.41 Å². The lowest BCUT2D eigenvalue weighted by atomic mass is 10.1. The van der Waals surface area contributed by atoms with Crippen LogP contribution in [0.5, 0.6) is 5.75 Å². The van der Waals surface area contributed by atoms with Crippen LogP contribution in [0.1, 0.15) is 18.6 Å². The first-order valence-corrected chi connectivity index (χ1v) is 5.21. The molecule has 0 spiro atoms. The van der Waals surface area contributed by atoms with Crippen molar-refractivity contribution in [2.75, 3.05) is 13.7 Å². The number of ether oxygens (including phenoxy) is 2. The van der Waals surface area contributed by atoms with Crippen molar-refractivity contribution in [2.45, 2.75) is 13.0 Å². The van der Waals surface area contributed by atoms with Gasteiger partial charge < -0.3 is 14.6 Å². The minimum atomic E-state index is -1.21. The van der Waals surface area contributed by atoms with Crippen molar-refractivity contribution < 1.29 is 14.6 Å². The zero-order valence-corrected chi connectivity index (χ0v) is 11.1. The molecule has 0 aliphatic carbocycles. The van der Waals surface area contributed by atoms with Gasteiger partial charge in [-0.3, -0.25) is 5.41 Å². The van der Waals surface area contributed by atoms with Crippen molar-refractivity contribution in [3.05, 3.63) is 28.8 Å². The summed E-state index contributed by atoms with van der Waals surface area (Å²) in [5.74, 6) is 0.193. The topological polar surface area (TPSA) is 62.5 Å². The minimum Gasteiger partial charge on any atom is -0.496 e. The molecule has 0 heterocycles. The van der Waals surface area contributed by atoms with Crippen molar-refractivity contribution in [2.24, 2.45) is 0 Å². The van der Waals surface area contributed by atoms with Gasteiger partial charge in [-0.15, -0.1) is 12.4 Å². The number of halogens is 2. The number of hydrogen-bond acceptors (Lipinski definition) is 4. The van der Waals surface area contributed by atoms with Crippen LogP contribution in [-0.2, 0) is 4.74 Å². The molecular formula is C11H15Cl2NO3. The van der Waals surface area contributed by atoms with Crippen LogP contribution in [0.4, 0.5) is 0 Å². The third-order valence-electron chi connectivity index (χ3n) is 2.05. The summed E-state index contributed by atoms with van der Waals surface area (Å²) in [4.78, 5) is 0. The molecule has 17 heavy (non-hydrogen) atoms. The maximum Gasteiger partial charge on any atom is 0.215 e. The second kappa shape index (κ2) is 7.37. The fourth-order valence-corrected chi connectivity index (χ4v) is 1.60. The van der Waals surface area contributed by atoms with Crippen molar-refractivity contribution in [1.82, 2.24) is 0 Å². The second-order valence-corrected chi connectivity index (χ2v) is 3.46. The predicted octanol–water partition coefficient (Wildman–Crippen LogP) is 2.82. The van der Waals surface area contributed by atoms with Gasteiger partial charge in [0, 0.05) is 0 Å². The molecule has 4 nitrogen and oxygen atoms in total. The molecule has 1 aromatic rings. The van der Waals surface area contributed by atoms with Crippen molar-refractivity contribution in [3.8, 4) is 5.75 Å². The van der Waals surface area contributed by atoms with E-state index in [1.54, 1.807) is 25.1 Å². The highest BCUT2D eigenvalue weighted by molar-refractivity contribution is 6.31. The normalized spacial score (nSPS) is 11.3. The lowest BCUT2D eigenvalue weighted by Crippen LogP contribution is -2.15. The minimum absolute atomic E-state index is 0. The first-order valence-electron chi connectivity index (χ1n) is 4.83. The van der Waals surface area contributed by atoms with E-state index < -0.39 is 6.10 Å². The van der Waals surface area contributed by atoms with Crippen LogP contribution in [0.25, 0.3) is 0 Å². The lowest BCUT2D eigenvalue weighted by Gasteiger charge is -2.16. The molecule has 1 unspecified atom stereocenters. The Hall–Kier alpha value is -0.970. The average molecular weight is 280 g/mol. The number of aliphatic hydroxyl groups excluding tert-OH is 1. The zero-order valence-electron chi connectivity index (χ0n) is 9.57. The van der Waals surface area contributed by atoms with Crippen LogP contribution in [0.2, 0.25) is 5.02 Å². The van der Waals surface area contributed by atoms with E-state index in [0.717, 1.165) is 0 Å². The van der Waals surface area contributed by atoms with E-state index in [-0.39, 0.29) is 18.3 Å². The molecule has 0 saturated carbocycles. The average Bonchev–Trinajstić information content (AvgIpc) is 2.28. The summed E-state index contributed by atoms with van der Waals surface area (Å²) < 4.78 is 10.0. The number of nitrogens with one attached hydrogen (secondary N) is 1. The van der Waals surface area contributed by atoms with Gasteiger partial charge in [-0.1, -0.05) is 17.7 Å². The first-order chi connectivity index (χ1) is 7.61. The molecule has 2 N–H and O–H groups in total. The molecule has 0 aliphatic heterocycles. The summed E-state index contributed by atoms with van der Waals surface area (Å²) in [5, 5.41) is 17.8. The molecule has 1 rings (SSSR count). The lowest BCUT2D eigenvalue weighted by molar-refractivity contribution is 0.187. The van der Waals surface area contributed by atoms with E-state index in [1.165, 1.54) is 7.11 Å². The van der Waals surface area contributed by atoms with Crippen molar-refractivity contribution in [3.63, 3.8) is 0 Å². The highest BCUT2D eigenvalue weighted by Crippen LogP contribution is 2.32. The van der Waals surface area contributed by atoms with E-state index in [9.17, 15) is 5.11 Å². The molecule has 6 heteroatoms. The van der Waals surface area contributed by atoms with Gasteiger partial charge in [0.25, 0.3) is 0 Å². The third-order valence-corrected chi connectivity index (χ3v) is 2.38. The van der Waals surface area contributed by atoms with Gasteiger partial charge in [-0.2, -0.15) is 0 Å². The summed E-state index contributed by atoms with van der Waals surface area (Å²) in [6.07, 6.45) is -1.21. The van der Waals surface area contributed by atoms with Crippen LogP contribution < -0.4 is 4.74 Å². The number of hydrogen-bond donors (Lipinski definition) is 2. The zero-order chi connectivity index (χ0) is 12.1. The Balaban J connectivity index is 0.00000256. The van der Waals surface area contributed by atoms with Gasteiger partial charge in [-0.25, -0.2) is 0 Å². The third kappa shape index (κ3) is 3.77. The van der Waals surface area contributed by atoms with Gasteiger partial charge in [0.15, 0.2) is 6.10 Å². The smallest absolute Gasteiger partial charge is 0.215 e. The van der Waals surface area contributed by atoms with E-state index in [0.29, 0.717) is 22.9 Å². The number of rotatable bonds is 4. The summed E-state index contributed by atoms with van der Waals surface area (Å²) in [5.41, 5.74) is 0.352. The molecule has 0 aromatic heterocycles. The standard InChI is InChI=1S/C11H14ClNO3.ClH/c1-3-16-11(13)10(14)9-7(12)5-4-6-8(9)15-2;/h4-6,10,13-14H,3H2,1-2H3;1H. The van der Waals surface area contributed by atoms with E-state index in [4.69, 9.17) is 26.5 Å². The number of benzene rings is 1. The Kier molecular flexibility index (Phi) is 6.95. The van der Waals surface area contributed by atoms with Crippen LogP contribution in [-0.4, -0.2) is 24.7 Å². The first kappa shape index (κ1) is 16.0. The molecule has 0 amide bonds. The highest BCUT2D eigenvalue weighted by Gasteiger charge is 2.22. The van der Waals surface area contributed by atoms with Gasteiger partial charge in [0.1, 0.15) is 5.75 Å². The molecule has 1 atom stereocenters. The largest absolute Gasteiger partial charge is 0.496 e. The van der Waals surface area contributed by atoms with Gasteiger partial charge in [0.2, 0.25) is 5.90 Å². The molecule has 0 aliphatic rings. The fraction of sp³-hybridized carbons (Fsp3) is 0.364. The van der Waals surface area contributed by atoms with Gasteiger partial charge in [-0.05, 0) is 19.1 Å². The SMILES string of the molecule is CCOC(=N)C(O)c1c(Cl)cccc1OC.Cl. The fourth-order valence-electron chi connectivity index (χ4n) is 1.33. The number of aliphatic hydroxyl groups is 1. The summed E-state index contributed by atoms with van der Waals surface area (Å²) in [7, 11) is 1.48. The highest BCUT2D eigenvalue weighted by atomic mass is 35.5. The van der Waals surface area contributed by atoms with Crippen LogP contribution in [0, 0.1) is 5.41 Å². The van der Waals surface area contributed by atoms with Crippen LogP contribution in [0.3, 0.4) is 0 Å². The molecule has 96 valence electrons. The Morgan fingerprint density at radius 1 is 1.53 bits per heavy atom. The predicted molar refractivity (Wildman–Crippen MR) is 69.6 cm³/mol. The quantitative estimate of drug-likeness (QED) is 0.658. The molecule has 0 saturated heterocycles. The Morgan fingerprint density at radius 3 is 2.71 bits per heavy atom. The number of methoxy groups -OCH3 is 1. The molecule has 0 fully saturated rings. The monoisotopic (exact) mass is 279 g/mol.